The van der Waals surface area contributed by atoms with Crippen molar-refractivity contribution in [3.63, 3.8) is 0 Å². The Morgan fingerprint density at radius 1 is 1.07 bits per heavy atom. The first kappa shape index (κ1) is 31.7. The number of rotatable bonds is 5. The number of allylic oxidation sites excluding steroid dienone is 1. The summed E-state index contributed by atoms with van der Waals surface area (Å²) in [6, 6.07) is 4.04. The number of benzene rings is 1. The van der Waals surface area contributed by atoms with Crippen LogP contribution in [0.5, 0.6) is 5.75 Å². The Balaban J connectivity index is 2.12. The number of ketones is 3. The van der Waals surface area contributed by atoms with E-state index in [1.54, 1.807) is 13.8 Å². The summed E-state index contributed by atoms with van der Waals surface area (Å²) in [5.41, 5.74) is -11.0. The molecule has 4 rings (SSSR count). The summed E-state index contributed by atoms with van der Waals surface area (Å²) in [5.74, 6) is -8.82. The van der Waals surface area contributed by atoms with E-state index in [2.05, 4.69) is 0 Å². The van der Waals surface area contributed by atoms with Crippen molar-refractivity contribution in [2.75, 3.05) is 0 Å². The van der Waals surface area contributed by atoms with Crippen LogP contribution >= 0.6 is 0 Å². The van der Waals surface area contributed by atoms with Crippen molar-refractivity contribution in [3.05, 3.63) is 52.0 Å². The van der Waals surface area contributed by atoms with Gasteiger partial charge in [-0.05, 0) is 43.2 Å². The SMILES string of the molecule is CC(=O)C1=C(O)C(C(C)C)[C@@]2(C)[C@H](O)[C@]3(C)C(=C(O)[C@@]2(O)C1=O)C(=O)c1c(O)cccc1[C@H]3CCC(C)(C)C(F)(F)F. The maximum Gasteiger partial charge on any atom is 0.393 e. The average Bonchev–Trinajstić information content (AvgIpc) is 2.84. The van der Waals surface area contributed by atoms with Crippen molar-refractivity contribution in [2.45, 2.75) is 85.1 Å². The molecule has 0 fully saturated rings. The molecule has 0 spiro atoms. The van der Waals surface area contributed by atoms with Crippen molar-refractivity contribution >= 4 is 17.3 Å². The van der Waals surface area contributed by atoms with Crippen molar-refractivity contribution < 1.29 is 53.1 Å². The average molecular weight is 595 g/mol. The molecule has 5 N–H and O–H groups in total. The topological polar surface area (TPSA) is 152 Å². The highest BCUT2D eigenvalue weighted by molar-refractivity contribution is 6.25. The summed E-state index contributed by atoms with van der Waals surface area (Å²) in [6.45, 7) is 8.84. The molecule has 230 valence electrons. The smallest absolute Gasteiger partial charge is 0.393 e. The maximum atomic E-state index is 14.0. The first-order chi connectivity index (χ1) is 19.0. The van der Waals surface area contributed by atoms with Gasteiger partial charge in [0.1, 0.15) is 22.8 Å². The third-order valence-electron chi connectivity index (χ3n) is 10.3. The van der Waals surface area contributed by atoms with Crippen LogP contribution in [0, 0.1) is 28.1 Å². The molecule has 8 nitrogen and oxygen atoms in total. The number of hydrogen-bond donors (Lipinski definition) is 5. The van der Waals surface area contributed by atoms with E-state index in [-0.39, 0.29) is 17.5 Å². The van der Waals surface area contributed by atoms with Crippen LogP contribution in [0.15, 0.2) is 40.9 Å². The Labute approximate surface area is 241 Å². The fourth-order valence-electron chi connectivity index (χ4n) is 7.84. The second-order valence-corrected chi connectivity index (χ2v) is 13.3. The van der Waals surface area contributed by atoms with E-state index in [1.807, 2.05) is 0 Å². The molecule has 0 amide bonds. The molecule has 0 bridgehead atoms. The van der Waals surface area contributed by atoms with Crippen LogP contribution in [0.1, 0.15) is 83.1 Å². The maximum absolute atomic E-state index is 14.0. The van der Waals surface area contributed by atoms with Crippen LogP contribution in [0.25, 0.3) is 0 Å². The summed E-state index contributed by atoms with van der Waals surface area (Å²) in [6.07, 6.45) is -7.29. The van der Waals surface area contributed by atoms with Crippen molar-refractivity contribution in [1.82, 2.24) is 0 Å². The van der Waals surface area contributed by atoms with Crippen molar-refractivity contribution in [1.29, 1.82) is 0 Å². The number of aromatic hydroxyl groups is 1. The number of carbonyl (C=O) groups is 3. The fraction of sp³-hybridized carbons (Fsp3) is 0.581. The molecule has 1 aromatic rings. The van der Waals surface area contributed by atoms with E-state index < -0.39 is 104 Å². The lowest BCUT2D eigenvalue weighted by Crippen LogP contribution is -2.73. The number of aliphatic hydroxyl groups is 4. The van der Waals surface area contributed by atoms with Gasteiger partial charge in [0.15, 0.2) is 17.2 Å². The van der Waals surface area contributed by atoms with E-state index in [0.29, 0.717) is 0 Å². The lowest BCUT2D eigenvalue weighted by Gasteiger charge is -2.63. The van der Waals surface area contributed by atoms with Gasteiger partial charge in [-0.15, -0.1) is 0 Å². The number of phenols is 1. The summed E-state index contributed by atoms with van der Waals surface area (Å²) in [7, 11) is 0. The van der Waals surface area contributed by atoms with Gasteiger partial charge in [0.05, 0.1) is 22.7 Å². The highest BCUT2D eigenvalue weighted by Gasteiger charge is 2.76. The third-order valence-corrected chi connectivity index (χ3v) is 10.3. The van der Waals surface area contributed by atoms with Gasteiger partial charge in [-0.25, -0.2) is 0 Å². The standard InChI is InChI=1S/C31H37F3O8/c1-13(2)20-22(37)18(14(3)35)24(39)30(42)25(40)21-23(38)19-15(9-8-10-17(19)36)16(11-12-27(4,5)31(32,33)34)28(21,6)26(41)29(20,30)7/h8-10,13,16,20,26,36-37,40-42H,11-12H2,1-7H3/t16-,20?,26-,28+,29+,30+/m1/s1. The zero-order valence-electron chi connectivity index (χ0n) is 24.6. The van der Waals surface area contributed by atoms with Crippen LogP contribution in [-0.4, -0.2) is 60.8 Å². The molecule has 42 heavy (non-hydrogen) atoms. The van der Waals surface area contributed by atoms with Gasteiger partial charge in [-0.2, -0.15) is 13.2 Å². The molecule has 11 heteroatoms. The molecule has 3 aliphatic carbocycles. The molecule has 3 aliphatic rings. The number of alkyl halides is 3. The summed E-state index contributed by atoms with van der Waals surface area (Å²) >= 11 is 0. The van der Waals surface area contributed by atoms with Gasteiger partial charge in [0.2, 0.25) is 5.78 Å². The van der Waals surface area contributed by atoms with E-state index in [9.17, 15) is 53.1 Å². The largest absolute Gasteiger partial charge is 0.511 e. The molecular formula is C31H37F3O8. The number of hydrogen-bond acceptors (Lipinski definition) is 8. The highest BCUT2D eigenvalue weighted by Crippen LogP contribution is 2.68. The van der Waals surface area contributed by atoms with E-state index in [4.69, 9.17) is 0 Å². The number of Topliss-reactive ketones (excluding diaryl/α,β-unsaturated/α-hetero) is 3. The van der Waals surface area contributed by atoms with E-state index in [0.717, 1.165) is 20.8 Å². The molecule has 0 radical (unpaired) electrons. The predicted molar refractivity (Wildman–Crippen MR) is 145 cm³/mol. The minimum Gasteiger partial charge on any atom is -0.511 e. The first-order valence-electron chi connectivity index (χ1n) is 13.8. The van der Waals surface area contributed by atoms with Gasteiger partial charge in [-0.3, -0.25) is 14.4 Å². The molecule has 1 unspecified atom stereocenters. The normalized spacial score (nSPS) is 33.5. The number of carbonyl (C=O) groups excluding carboxylic acids is 3. The molecule has 6 atom stereocenters. The Morgan fingerprint density at radius 3 is 2.14 bits per heavy atom. The molecule has 1 aromatic carbocycles. The number of fused-ring (bicyclic) bond motifs is 3. The van der Waals surface area contributed by atoms with Gasteiger partial charge in [0, 0.05) is 16.7 Å². The number of aliphatic hydroxyl groups excluding tert-OH is 3. The third kappa shape index (κ3) is 3.71. The number of phenolic OH excluding ortho intramolecular Hbond substituents is 1. The van der Waals surface area contributed by atoms with Gasteiger partial charge < -0.3 is 25.5 Å². The molecule has 0 aromatic heterocycles. The summed E-state index contributed by atoms with van der Waals surface area (Å²) in [5, 5.41) is 58.3. The second-order valence-electron chi connectivity index (χ2n) is 13.3. The Bertz CT molecular complexity index is 1450. The minimum atomic E-state index is -4.60. The predicted octanol–water partition coefficient (Wildman–Crippen LogP) is 5.23. The second kappa shape index (κ2) is 9.41. The Morgan fingerprint density at radius 2 is 1.64 bits per heavy atom. The van der Waals surface area contributed by atoms with Crippen LogP contribution in [0.2, 0.25) is 0 Å². The molecule has 0 aliphatic heterocycles. The zero-order chi connectivity index (χ0) is 32.1. The lowest BCUT2D eigenvalue weighted by atomic mass is 9.41. The quantitative estimate of drug-likeness (QED) is 0.291. The first-order valence-corrected chi connectivity index (χ1v) is 13.8. The van der Waals surface area contributed by atoms with E-state index in [1.165, 1.54) is 32.0 Å². The van der Waals surface area contributed by atoms with Crippen LogP contribution in [0.3, 0.4) is 0 Å². The molecule has 0 saturated heterocycles. The van der Waals surface area contributed by atoms with Crippen LogP contribution in [0.4, 0.5) is 13.2 Å². The summed E-state index contributed by atoms with van der Waals surface area (Å²) in [4.78, 5) is 40.4. The monoisotopic (exact) mass is 594 g/mol. The molecular weight excluding hydrogens is 557 g/mol. The van der Waals surface area contributed by atoms with Crippen molar-refractivity contribution in [3.8, 4) is 5.75 Å². The van der Waals surface area contributed by atoms with Gasteiger partial charge in [-0.1, -0.05) is 53.7 Å². The summed E-state index contributed by atoms with van der Waals surface area (Å²) < 4.78 is 41.7. The molecule has 0 saturated carbocycles. The fourth-order valence-corrected chi connectivity index (χ4v) is 7.84. The number of halogens is 3. The van der Waals surface area contributed by atoms with Gasteiger partial charge >= 0.3 is 6.18 Å². The minimum absolute atomic E-state index is 0.137. The lowest BCUT2D eigenvalue weighted by molar-refractivity contribution is -0.219. The Hall–Kier alpha value is -3.18. The Kier molecular flexibility index (Phi) is 7.11. The highest BCUT2D eigenvalue weighted by atomic mass is 19.4. The van der Waals surface area contributed by atoms with Gasteiger partial charge in [0.25, 0.3) is 0 Å². The van der Waals surface area contributed by atoms with Crippen LogP contribution in [-0.2, 0) is 9.59 Å². The van der Waals surface area contributed by atoms with Crippen LogP contribution < -0.4 is 0 Å². The van der Waals surface area contributed by atoms with Crippen molar-refractivity contribution in [2.24, 2.45) is 28.1 Å². The zero-order valence-corrected chi connectivity index (χ0v) is 24.6. The van der Waals surface area contributed by atoms with E-state index >= 15 is 0 Å². The molecule has 0 heterocycles.